The van der Waals surface area contributed by atoms with E-state index >= 15 is 0 Å². The molecule has 0 heterocycles. The molecular weight excluding hydrogens is 238 g/mol. The summed E-state index contributed by atoms with van der Waals surface area (Å²) >= 11 is 0. The molecule has 4 heteroatoms. The van der Waals surface area contributed by atoms with E-state index in [-0.39, 0.29) is 12.4 Å². The minimum atomic E-state index is -2.68. The molecule has 0 unspecified atom stereocenters. The fourth-order valence-corrected chi connectivity index (χ4v) is 1.54. The highest BCUT2D eigenvalue weighted by atomic mass is 19.3. The van der Waals surface area contributed by atoms with E-state index in [9.17, 15) is 13.6 Å². The van der Waals surface area contributed by atoms with Crippen LogP contribution in [-0.4, -0.2) is 18.5 Å². The number of carbonyl (C=O) groups excluding carboxylic acids is 1. The van der Waals surface area contributed by atoms with Gasteiger partial charge in [0.25, 0.3) is 5.92 Å². The molecule has 0 spiro atoms. The minimum Gasteiger partial charge on any atom is -0.466 e. The van der Waals surface area contributed by atoms with Gasteiger partial charge in [-0.25, -0.2) is 8.78 Å². The van der Waals surface area contributed by atoms with Gasteiger partial charge in [-0.2, -0.15) is 0 Å². The van der Waals surface area contributed by atoms with Crippen LogP contribution in [-0.2, 0) is 9.53 Å². The molecule has 0 atom stereocenters. The number of allylic oxidation sites excluding steroid dienone is 2. The van der Waals surface area contributed by atoms with Crippen LogP contribution in [0.3, 0.4) is 0 Å². The first-order chi connectivity index (χ1) is 8.48. The van der Waals surface area contributed by atoms with Crippen molar-refractivity contribution in [3.8, 4) is 0 Å². The maximum atomic E-state index is 13.3. The summed E-state index contributed by atoms with van der Waals surface area (Å²) < 4.78 is 31.3. The lowest BCUT2D eigenvalue weighted by molar-refractivity contribution is -0.141. The summed E-state index contributed by atoms with van der Waals surface area (Å²) in [5.74, 6) is -2.96. The van der Waals surface area contributed by atoms with Crippen LogP contribution in [0.2, 0.25) is 0 Å². The zero-order valence-electron chi connectivity index (χ0n) is 11.4. The molecular formula is C14H24F2O2. The third-order valence-electron chi connectivity index (χ3n) is 2.53. The number of carbonyl (C=O) groups is 1. The topological polar surface area (TPSA) is 26.3 Å². The third kappa shape index (κ3) is 11.6. The van der Waals surface area contributed by atoms with Gasteiger partial charge < -0.3 is 4.74 Å². The maximum absolute atomic E-state index is 13.3. The van der Waals surface area contributed by atoms with Crippen LogP contribution in [0.4, 0.5) is 8.78 Å². The van der Waals surface area contributed by atoms with Crippen LogP contribution in [0, 0.1) is 0 Å². The number of alkyl halides is 2. The van der Waals surface area contributed by atoms with E-state index < -0.39 is 5.92 Å². The van der Waals surface area contributed by atoms with Crippen LogP contribution in [0.1, 0.15) is 58.8 Å². The van der Waals surface area contributed by atoms with Crippen molar-refractivity contribution in [2.45, 2.75) is 64.7 Å². The Labute approximate surface area is 108 Å². The van der Waals surface area contributed by atoms with Gasteiger partial charge in [-0.05, 0) is 25.3 Å². The van der Waals surface area contributed by atoms with Crippen LogP contribution < -0.4 is 0 Å². The first kappa shape index (κ1) is 17.1. The summed E-state index contributed by atoms with van der Waals surface area (Å²) in [6.45, 7) is 3.72. The lowest BCUT2D eigenvalue weighted by Crippen LogP contribution is -2.11. The SMILES string of the molecule is CCCC=CC(F)(F)CCCCCCOC(C)=O. The average molecular weight is 262 g/mol. The Morgan fingerprint density at radius 2 is 1.89 bits per heavy atom. The molecule has 0 saturated carbocycles. The smallest absolute Gasteiger partial charge is 0.302 e. The Balaban J connectivity index is 3.49. The van der Waals surface area contributed by atoms with Crippen LogP contribution in [0.15, 0.2) is 12.2 Å². The number of halogens is 2. The molecule has 18 heavy (non-hydrogen) atoms. The lowest BCUT2D eigenvalue weighted by Gasteiger charge is -2.11. The van der Waals surface area contributed by atoms with Crippen molar-refractivity contribution in [1.29, 1.82) is 0 Å². The second-order valence-corrected chi connectivity index (χ2v) is 4.46. The Hall–Kier alpha value is -0.930. The number of esters is 1. The van der Waals surface area contributed by atoms with E-state index in [4.69, 9.17) is 4.74 Å². The lowest BCUT2D eigenvalue weighted by atomic mass is 10.1. The molecule has 0 aliphatic carbocycles. The zero-order valence-corrected chi connectivity index (χ0v) is 11.4. The molecule has 106 valence electrons. The Kier molecular flexibility index (Phi) is 9.52. The number of unbranched alkanes of at least 4 members (excludes halogenated alkanes) is 4. The molecule has 0 rings (SSSR count). The Morgan fingerprint density at radius 1 is 1.22 bits per heavy atom. The van der Waals surface area contributed by atoms with Crippen LogP contribution >= 0.6 is 0 Å². The van der Waals surface area contributed by atoms with E-state index in [0.29, 0.717) is 19.4 Å². The molecule has 0 fully saturated rings. The Morgan fingerprint density at radius 3 is 2.50 bits per heavy atom. The summed E-state index contributed by atoms with van der Waals surface area (Å²) in [4.78, 5) is 10.5. The molecule has 0 N–H and O–H groups in total. The predicted molar refractivity (Wildman–Crippen MR) is 68.7 cm³/mol. The van der Waals surface area contributed by atoms with Crippen molar-refractivity contribution < 1.29 is 18.3 Å². The van der Waals surface area contributed by atoms with Gasteiger partial charge in [0.1, 0.15) is 0 Å². The molecule has 0 aliphatic heterocycles. The van der Waals surface area contributed by atoms with Gasteiger partial charge in [0.05, 0.1) is 6.61 Å². The first-order valence-corrected chi connectivity index (χ1v) is 6.67. The van der Waals surface area contributed by atoms with Crippen LogP contribution in [0.25, 0.3) is 0 Å². The number of rotatable bonds is 10. The molecule has 0 aromatic rings. The maximum Gasteiger partial charge on any atom is 0.302 e. The van der Waals surface area contributed by atoms with E-state index in [2.05, 4.69) is 0 Å². The van der Waals surface area contributed by atoms with Crippen molar-refractivity contribution >= 4 is 5.97 Å². The highest BCUT2D eigenvalue weighted by Crippen LogP contribution is 2.23. The second-order valence-electron chi connectivity index (χ2n) is 4.46. The quantitative estimate of drug-likeness (QED) is 0.329. The van der Waals surface area contributed by atoms with Crippen molar-refractivity contribution in [2.75, 3.05) is 6.61 Å². The van der Waals surface area contributed by atoms with Gasteiger partial charge in [0.15, 0.2) is 0 Å². The number of hydrogen-bond donors (Lipinski definition) is 0. The molecule has 0 saturated heterocycles. The highest BCUT2D eigenvalue weighted by molar-refractivity contribution is 5.65. The molecule has 2 nitrogen and oxygen atoms in total. The van der Waals surface area contributed by atoms with Crippen molar-refractivity contribution in [3.63, 3.8) is 0 Å². The summed E-state index contributed by atoms with van der Waals surface area (Å²) in [5.41, 5.74) is 0. The molecule has 0 aromatic heterocycles. The fourth-order valence-electron chi connectivity index (χ4n) is 1.54. The number of hydrogen-bond acceptors (Lipinski definition) is 2. The second kappa shape index (κ2) is 10.0. The van der Waals surface area contributed by atoms with E-state index in [0.717, 1.165) is 31.8 Å². The normalized spacial score (nSPS) is 12.0. The number of ether oxygens (including phenoxy) is 1. The molecule has 0 aliphatic rings. The van der Waals surface area contributed by atoms with Crippen molar-refractivity contribution in [1.82, 2.24) is 0 Å². The fraction of sp³-hybridized carbons (Fsp3) is 0.786. The monoisotopic (exact) mass is 262 g/mol. The van der Waals surface area contributed by atoms with Gasteiger partial charge in [0, 0.05) is 13.3 Å². The molecule has 0 amide bonds. The summed E-state index contributed by atoms with van der Waals surface area (Å²) in [7, 11) is 0. The van der Waals surface area contributed by atoms with Gasteiger partial charge >= 0.3 is 5.97 Å². The van der Waals surface area contributed by atoms with E-state index in [1.54, 1.807) is 6.08 Å². The largest absolute Gasteiger partial charge is 0.466 e. The summed E-state index contributed by atoms with van der Waals surface area (Å²) in [6.07, 6.45) is 6.90. The first-order valence-electron chi connectivity index (χ1n) is 6.67. The standard InChI is InChI=1S/C14H24F2O2/c1-3-4-7-10-14(15,16)11-8-5-6-9-12-18-13(2)17/h7,10H,3-6,8-9,11-12H2,1-2H3. The van der Waals surface area contributed by atoms with Crippen molar-refractivity contribution in [3.05, 3.63) is 12.2 Å². The summed E-state index contributed by atoms with van der Waals surface area (Å²) in [5, 5.41) is 0. The highest BCUT2D eigenvalue weighted by Gasteiger charge is 2.23. The summed E-state index contributed by atoms with van der Waals surface area (Å²) in [6, 6.07) is 0. The van der Waals surface area contributed by atoms with Crippen molar-refractivity contribution in [2.24, 2.45) is 0 Å². The van der Waals surface area contributed by atoms with E-state index in [1.807, 2.05) is 6.92 Å². The predicted octanol–water partition coefficient (Wildman–Crippen LogP) is 4.49. The zero-order chi connectivity index (χ0) is 13.9. The van der Waals surface area contributed by atoms with Crippen LogP contribution in [0.5, 0.6) is 0 Å². The average Bonchev–Trinajstić information content (AvgIpc) is 2.27. The third-order valence-corrected chi connectivity index (χ3v) is 2.53. The van der Waals surface area contributed by atoms with Gasteiger partial charge in [0.2, 0.25) is 0 Å². The van der Waals surface area contributed by atoms with Gasteiger partial charge in [-0.15, -0.1) is 0 Å². The minimum absolute atomic E-state index is 0.0964. The van der Waals surface area contributed by atoms with Gasteiger partial charge in [-0.1, -0.05) is 32.3 Å². The molecule has 0 aromatic carbocycles. The van der Waals surface area contributed by atoms with E-state index in [1.165, 1.54) is 6.92 Å². The molecule has 0 radical (unpaired) electrons. The Bertz CT molecular complexity index is 250. The molecule has 0 bridgehead atoms. The van der Waals surface area contributed by atoms with Gasteiger partial charge in [-0.3, -0.25) is 4.79 Å².